The second-order valence-corrected chi connectivity index (χ2v) is 8.95. The van der Waals surface area contributed by atoms with Gasteiger partial charge >= 0.3 is 6.09 Å². The molecule has 0 aromatic heterocycles. The molecule has 9 nitrogen and oxygen atoms in total. The van der Waals surface area contributed by atoms with Crippen molar-refractivity contribution in [1.82, 2.24) is 10.2 Å². The number of amides is 3. The average Bonchev–Trinajstić information content (AvgIpc) is 3.26. The fourth-order valence-corrected chi connectivity index (χ4v) is 4.20. The van der Waals surface area contributed by atoms with E-state index in [9.17, 15) is 14.4 Å². The Hall–Kier alpha value is -4.37. The highest BCUT2D eigenvalue weighted by atomic mass is 16.6. The zero-order valence-electron chi connectivity index (χ0n) is 21.6. The standard InChI is InChI=1S/C29H31N3O6/c1-19-7-9-20(10-8-19)18-32-25(28(34)30-15-16-36-2)26(38-29(32)35)21-11-13-23(14-12-21)31-27(33)22-5-4-6-24(17-22)37-3/h4-14,17,25-26H,15-16,18H2,1-3H3,(H,30,34)(H,31,33)/t25-,26-/m1/s1. The van der Waals surface area contributed by atoms with Gasteiger partial charge in [0.05, 0.1) is 20.3 Å². The number of aryl methyl sites for hydroxylation is 1. The van der Waals surface area contributed by atoms with Crippen LogP contribution in [0.1, 0.15) is 33.2 Å². The van der Waals surface area contributed by atoms with Gasteiger partial charge in [-0.05, 0) is 48.4 Å². The summed E-state index contributed by atoms with van der Waals surface area (Å²) in [5.41, 5.74) is 3.64. The van der Waals surface area contributed by atoms with E-state index in [1.165, 1.54) is 4.90 Å². The molecule has 2 N–H and O–H groups in total. The molecule has 1 heterocycles. The molecule has 9 heteroatoms. The van der Waals surface area contributed by atoms with Crippen LogP contribution in [-0.4, -0.2) is 56.2 Å². The lowest BCUT2D eigenvalue weighted by Gasteiger charge is -2.24. The minimum absolute atomic E-state index is 0.229. The number of hydrogen-bond donors (Lipinski definition) is 2. The summed E-state index contributed by atoms with van der Waals surface area (Å²) in [4.78, 5) is 40.3. The van der Waals surface area contributed by atoms with E-state index in [0.29, 0.717) is 35.7 Å². The third-order valence-electron chi connectivity index (χ3n) is 6.26. The monoisotopic (exact) mass is 517 g/mol. The molecule has 0 spiro atoms. The zero-order chi connectivity index (χ0) is 27.1. The largest absolute Gasteiger partial charge is 0.497 e. The van der Waals surface area contributed by atoms with Crippen LogP contribution in [0.25, 0.3) is 0 Å². The third-order valence-corrected chi connectivity index (χ3v) is 6.26. The Bertz CT molecular complexity index is 1280. The predicted molar refractivity (Wildman–Crippen MR) is 142 cm³/mol. The van der Waals surface area contributed by atoms with E-state index in [-0.39, 0.29) is 18.4 Å². The summed E-state index contributed by atoms with van der Waals surface area (Å²) in [6, 6.07) is 20.6. The fraction of sp³-hybridized carbons (Fsp3) is 0.276. The van der Waals surface area contributed by atoms with Crippen molar-refractivity contribution < 1.29 is 28.6 Å². The second-order valence-electron chi connectivity index (χ2n) is 8.95. The van der Waals surface area contributed by atoms with Crippen LogP contribution in [0.4, 0.5) is 10.5 Å². The van der Waals surface area contributed by atoms with E-state index in [1.54, 1.807) is 62.8 Å². The highest BCUT2D eigenvalue weighted by Crippen LogP contribution is 2.34. The van der Waals surface area contributed by atoms with Crippen LogP contribution < -0.4 is 15.4 Å². The van der Waals surface area contributed by atoms with Gasteiger partial charge in [-0.3, -0.25) is 14.5 Å². The highest BCUT2D eigenvalue weighted by Gasteiger charge is 2.46. The summed E-state index contributed by atoms with van der Waals surface area (Å²) in [6.07, 6.45) is -1.39. The SMILES string of the molecule is COCCNC(=O)[C@H]1[C@@H](c2ccc(NC(=O)c3cccc(OC)c3)cc2)OC(=O)N1Cc1ccc(C)cc1. The minimum Gasteiger partial charge on any atom is -0.497 e. The third kappa shape index (κ3) is 6.30. The maximum Gasteiger partial charge on any atom is 0.411 e. The number of hydrogen-bond acceptors (Lipinski definition) is 6. The lowest BCUT2D eigenvalue weighted by atomic mass is 10.00. The number of benzene rings is 3. The molecule has 198 valence electrons. The van der Waals surface area contributed by atoms with Gasteiger partial charge in [0, 0.05) is 24.9 Å². The first-order valence-corrected chi connectivity index (χ1v) is 12.2. The molecule has 4 rings (SSSR count). The number of nitrogens with zero attached hydrogens (tertiary/aromatic N) is 1. The van der Waals surface area contributed by atoms with Crippen LogP contribution in [0.5, 0.6) is 5.75 Å². The molecule has 2 atom stereocenters. The summed E-state index contributed by atoms with van der Waals surface area (Å²) in [5, 5.41) is 5.68. The van der Waals surface area contributed by atoms with Gasteiger partial charge in [-0.15, -0.1) is 0 Å². The van der Waals surface area contributed by atoms with E-state index in [0.717, 1.165) is 11.1 Å². The van der Waals surface area contributed by atoms with Gasteiger partial charge in [-0.1, -0.05) is 48.0 Å². The molecule has 0 unspecified atom stereocenters. The number of nitrogens with one attached hydrogen (secondary N) is 2. The van der Waals surface area contributed by atoms with Crippen LogP contribution in [-0.2, 0) is 20.8 Å². The van der Waals surface area contributed by atoms with E-state index in [4.69, 9.17) is 14.2 Å². The highest BCUT2D eigenvalue weighted by molar-refractivity contribution is 6.04. The van der Waals surface area contributed by atoms with Crippen molar-refractivity contribution in [3.05, 3.63) is 95.1 Å². The predicted octanol–water partition coefficient (Wildman–Crippen LogP) is 4.08. The van der Waals surface area contributed by atoms with E-state index in [1.807, 2.05) is 31.2 Å². The molecule has 1 saturated heterocycles. The van der Waals surface area contributed by atoms with Crippen LogP contribution in [0.3, 0.4) is 0 Å². The van der Waals surface area contributed by atoms with Crippen molar-refractivity contribution in [3.63, 3.8) is 0 Å². The van der Waals surface area contributed by atoms with Crippen LogP contribution in [0.2, 0.25) is 0 Å². The normalized spacial score (nSPS) is 16.6. The molecule has 3 aromatic rings. The van der Waals surface area contributed by atoms with Crippen molar-refractivity contribution in [3.8, 4) is 5.75 Å². The van der Waals surface area contributed by atoms with Crippen molar-refractivity contribution in [2.45, 2.75) is 25.6 Å². The number of methoxy groups -OCH3 is 2. The van der Waals surface area contributed by atoms with Crippen LogP contribution >= 0.6 is 0 Å². The van der Waals surface area contributed by atoms with Gasteiger partial charge in [0.1, 0.15) is 5.75 Å². The van der Waals surface area contributed by atoms with Gasteiger partial charge < -0.3 is 24.8 Å². The maximum atomic E-state index is 13.2. The number of anilines is 1. The number of rotatable bonds is 10. The molecule has 1 fully saturated rings. The Morgan fingerprint density at radius 3 is 2.42 bits per heavy atom. The Morgan fingerprint density at radius 2 is 1.74 bits per heavy atom. The van der Waals surface area contributed by atoms with Crippen molar-refractivity contribution in [2.75, 3.05) is 32.7 Å². The Morgan fingerprint density at radius 1 is 1.00 bits per heavy atom. The van der Waals surface area contributed by atoms with Gasteiger partial charge in [0.25, 0.3) is 5.91 Å². The molecule has 38 heavy (non-hydrogen) atoms. The summed E-state index contributed by atoms with van der Waals surface area (Å²) >= 11 is 0. The summed E-state index contributed by atoms with van der Waals surface area (Å²) < 4.78 is 15.9. The van der Waals surface area contributed by atoms with Crippen LogP contribution in [0, 0.1) is 6.92 Å². The maximum absolute atomic E-state index is 13.2. The van der Waals surface area contributed by atoms with Crippen molar-refractivity contribution in [2.24, 2.45) is 0 Å². The first-order valence-electron chi connectivity index (χ1n) is 12.2. The van der Waals surface area contributed by atoms with Crippen molar-refractivity contribution in [1.29, 1.82) is 0 Å². The first-order chi connectivity index (χ1) is 18.4. The number of cyclic esters (lactones) is 1. The lowest BCUT2D eigenvalue weighted by molar-refractivity contribution is -0.126. The molecule has 1 aliphatic rings. The molecule has 1 aliphatic heterocycles. The molecule has 3 amide bonds. The van der Waals surface area contributed by atoms with Crippen LogP contribution in [0.15, 0.2) is 72.8 Å². The number of carbonyl (C=O) groups is 3. The topological polar surface area (TPSA) is 106 Å². The smallest absolute Gasteiger partial charge is 0.411 e. The fourth-order valence-electron chi connectivity index (χ4n) is 4.20. The van der Waals surface area contributed by atoms with Gasteiger partial charge in [0.15, 0.2) is 12.1 Å². The number of ether oxygens (including phenoxy) is 3. The molecule has 0 aliphatic carbocycles. The molecular weight excluding hydrogens is 486 g/mol. The van der Waals surface area contributed by atoms with E-state index in [2.05, 4.69) is 10.6 Å². The summed E-state index contributed by atoms with van der Waals surface area (Å²) in [6.45, 7) is 2.86. The Balaban J connectivity index is 1.53. The minimum atomic E-state index is -0.877. The van der Waals surface area contributed by atoms with Gasteiger partial charge in [-0.25, -0.2) is 4.79 Å². The molecular formula is C29H31N3O6. The lowest BCUT2D eigenvalue weighted by Crippen LogP contribution is -2.47. The molecule has 0 bridgehead atoms. The Kier molecular flexibility index (Phi) is 8.60. The molecule has 0 radical (unpaired) electrons. The van der Waals surface area contributed by atoms with E-state index < -0.39 is 18.2 Å². The first kappa shape index (κ1) is 26.7. The summed E-state index contributed by atoms with van der Waals surface area (Å²) in [5.74, 6) is -0.0370. The van der Waals surface area contributed by atoms with Gasteiger partial charge in [-0.2, -0.15) is 0 Å². The Labute approximate surface area is 221 Å². The molecule has 0 saturated carbocycles. The zero-order valence-corrected chi connectivity index (χ0v) is 21.6. The molecule has 3 aromatic carbocycles. The van der Waals surface area contributed by atoms with Crippen molar-refractivity contribution >= 4 is 23.6 Å². The quantitative estimate of drug-likeness (QED) is 0.393. The van der Waals surface area contributed by atoms with E-state index >= 15 is 0 Å². The average molecular weight is 518 g/mol. The van der Waals surface area contributed by atoms with Gasteiger partial charge in [0.2, 0.25) is 5.91 Å². The number of carbonyl (C=O) groups excluding carboxylic acids is 3. The second kappa shape index (κ2) is 12.2. The summed E-state index contributed by atoms with van der Waals surface area (Å²) in [7, 11) is 3.09.